The van der Waals surface area contributed by atoms with Crippen LogP contribution in [0.25, 0.3) is 0 Å². The minimum atomic E-state index is -0.491. The molecule has 0 unspecified atom stereocenters. The van der Waals surface area contributed by atoms with Gasteiger partial charge in [0.2, 0.25) is 6.41 Å². The first-order valence-corrected chi connectivity index (χ1v) is 8.52. The summed E-state index contributed by atoms with van der Waals surface area (Å²) in [4.78, 5) is 17.0. The molecule has 1 aliphatic rings. The Morgan fingerprint density at radius 3 is 2.23 bits per heavy atom. The van der Waals surface area contributed by atoms with Gasteiger partial charge in [0.15, 0.2) is 0 Å². The third-order valence-electron chi connectivity index (χ3n) is 4.23. The first-order valence-electron chi connectivity index (χ1n) is 8.52. The van der Waals surface area contributed by atoms with Crippen molar-refractivity contribution in [2.24, 2.45) is 0 Å². The molecule has 0 atom stereocenters. The van der Waals surface area contributed by atoms with Crippen LogP contribution in [-0.2, 0) is 4.79 Å². The molecule has 2 N–H and O–H groups in total. The number of nitrogens with zero attached hydrogens (tertiary/aromatic N) is 2. The lowest BCUT2D eigenvalue weighted by atomic mass is 10.1. The zero-order chi connectivity index (χ0) is 18.9. The van der Waals surface area contributed by atoms with Crippen molar-refractivity contribution in [3.63, 3.8) is 0 Å². The second-order valence-electron chi connectivity index (χ2n) is 6.24. The fourth-order valence-electron chi connectivity index (χ4n) is 2.60. The molecule has 1 fully saturated rings. The number of carbonyl (C=O) groups is 1. The van der Waals surface area contributed by atoms with E-state index in [0.717, 1.165) is 31.7 Å². The summed E-state index contributed by atoms with van der Waals surface area (Å²) >= 11 is 0. The Bertz CT molecular complexity index is 698. The van der Waals surface area contributed by atoms with Gasteiger partial charge in [0.1, 0.15) is 23.3 Å². The summed E-state index contributed by atoms with van der Waals surface area (Å²) in [7, 11) is 2.14. The van der Waals surface area contributed by atoms with Gasteiger partial charge >= 0.3 is 0 Å². The highest BCUT2D eigenvalue weighted by atomic mass is 19.1. The average Bonchev–Trinajstić information content (AvgIpc) is 2.63. The van der Waals surface area contributed by atoms with Gasteiger partial charge in [-0.15, -0.1) is 0 Å². The number of halogens is 2. The van der Waals surface area contributed by atoms with Gasteiger partial charge in [-0.05, 0) is 64.2 Å². The number of aromatic nitrogens is 1. The van der Waals surface area contributed by atoms with Crippen molar-refractivity contribution >= 4 is 18.0 Å². The molecule has 1 saturated heterocycles. The third-order valence-corrected chi connectivity index (χ3v) is 4.23. The lowest BCUT2D eigenvalue weighted by molar-refractivity contribution is -0.105. The van der Waals surface area contributed by atoms with Gasteiger partial charge in [0, 0.05) is 11.6 Å². The number of nitrogens with one attached hydrogen (secondary N) is 2. The van der Waals surface area contributed by atoms with Gasteiger partial charge in [0.05, 0.1) is 0 Å². The fraction of sp³-hybridized carbons (Fsp3) is 0.368. The van der Waals surface area contributed by atoms with Crippen molar-refractivity contribution < 1.29 is 13.6 Å². The van der Waals surface area contributed by atoms with E-state index < -0.39 is 11.6 Å². The minimum absolute atomic E-state index is 0.0810. The highest BCUT2D eigenvalue weighted by molar-refractivity contribution is 5.69. The largest absolute Gasteiger partial charge is 0.367 e. The van der Waals surface area contributed by atoms with Crippen molar-refractivity contribution in [1.82, 2.24) is 9.88 Å². The molecule has 7 heteroatoms. The SMILES string of the molecule is CN1CCC(Nc2cccc(NC=O)n2)CC1.Cc1c(F)cccc1F. The number of rotatable bonds is 4. The normalized spacial score (nSPS) is 14.9. The van der Waals surface area contributed by atoms with Crippen molar-refractivity contribution in [3.8, 4) is 0 Å². The summed E-state index contributed by atoms with van der Waals surface area (Å²) in [5.74, 6) is 0.425. The number of hydrogen-bond acceptors (Lipinski definition) is 4. The van der Waals surface area contributed by atoms with E-state index in [1.54, 1.807) is 6.07 Å². The predicted octanol–water partition coefficient (Wildman–Crippen LogP) is 3.43. The quantitative estimate of drug-likeness (QED) is 0.818. The first-order chi connectivity index (χ1) is 12.5. The maximum Gasteiger partial charge on any atom is 0.212 e. The number of likely N-dealkylation sites (tertiary alicyclic amines) is 1. The van der Waals surface area contributed by atoms with Gasteiger partial charge in [-0.25, -0.2) is 13.8 Å². The van der Waals surface area contributed by atoms with E-state index in [1.807, 2.05) is 12.1 Å². The maximum atomic E-state index is 12.3. The van der Waals surface area contributed by atoms with Crippen LogP contribution in [0.3, 0.4) is 0 Å². The Morgan fingerprint density at radius 1 is 1.08 bits per heavy atom. The molecule has 1 amide bonds. The van der Waals surface area contributed by atoms with Crippen molar-refractivity contribution in [3.05, 3.63) is 53.6 Å². The molecular formula is C19H24F2N4O. The summed E-state index contributed by atoms with van der Waals surface area (Å²) in [6.07, 6.45) is 2.90. The van der Waals surface area contributed by atoms with Gasteiger partial charge in [-0.1, -0.05) is 12.1 Å². The fourth-order valence-corrected chi connectivity index (χ4v) is 2.60. The third kappa shape index (κ3) is 6.07. The summed E-state index contributed by atoms with van der Waals surface area (Å²) < 4.78 is 24.7. The second-order valence-corrected chi connectivity index (χ2v) is 6.24. The molecular weight excluding hydrogens is 338 g/mol. The van der Waals surface area contributed by atoms with E-state index in [9.17, 15) is 13.6 Å². The van der Waals surface area contributed by atoms with E-state index in [2.05, 4.69) is 27.6 Å². The smallest absolute Gasteiger partial charge is 0.212 e. The lowest BCUT2D eigenvalue weighted by Crippen LogP contribution is -2.36. The summed E-state index contributed by atoms with van der Waals surface area (Å²) in [6.45, 7) is 3.64. The molecule has 2 aromatic rings. The monoisotopic (exact) mass is 362 g/mol. The van der Waals surface area contributed by atoms with Crippen LogP contribution in [0.2, 0.25) is 0 Å². The molecule has 2 heterocycles. The summed E-state index contributed by atoms with van der Waals surface area (Å²) in [6, 6.07) is 9.87. The number of carbonyl (C=O) groups excluding carboxylic acids is 1. The number of anilines is 2. The Balaban J connectivity index is 0.000000228. The molecule has 3 rings (SSSR count). The molecule has 0 radical (unpaired) electrons. The van der Waals surface area contributed by atoms with Crippen LogP contribution >= 0.6 is 0 Å². The highest BCUT2D eigenvalue weighted by Gasteiger charge is 2.16. The molecule has 5 nitrogen and oxygen atoms in total. The Morgan fingerprint density at radius 2 is 1.65 bits per heavy atom. The lowest BCUT2D eigenvalue weighted by Gasteiger charge is -2.29. The molecule has 1 aromatic heterocycles. The number of benzene rings is 1. The minimum Gasteiger partial charge on any atom is -0.367 e. The standard InChI is InChI=1S/C12H18N4O.C7H6F2/c1-16-7-5-10(6-8-16)14-12-4-2-3-11(15-12)13-9-17;1-5-6(8)3-2-4-7(5)9/h2-4,9-10H,5-8H2,1H3,(H2,13,14,15,17);2-4H,1H3. The van der Waals surface area contributed by atoms with Crippen LogP contribution in [0, 0.1) is 18.6 Å². The molecule has 0 saturated carbocycles. The van der Waals surface area contributed by atoms with E-state index in [4.69, 9.17) is 0 Å². The number of piperidine rings is 1. The zero-order valence-corrected chi connectivity index (χ0v) is 15.0. The van der Waals surface area contributed by atoms with E-state index in [1.165, 1.54) is 25.1 Å². The van der Waals surface area contributed by atoms with Gasteiger partial charge in [0.25, 0.3) is 0 Å². The highest BCUT2D eigenvalue weighted by Crippen LogP contribution is 2.15. The topological polar surface area (TPSA) is 57.3 Å². The van der Waals surface area contributed by atoms with E-state index in [0.29, 0.717) is 18.3 Å². The van der Waals surface area contributed by atoms with Crippen molar-refractivity contribution in [2.45, 2.75) is 25.8 Å². The molecule has 1 aromatic carbocycles. The molecule has 0 bridgehead atoms. The number of pyridine rings is 1. The maximum absolute atomic E-state index is 12.3. The average molecular weight is 362 g/mol. The van der Waals surface area contributed by atoms with Crippen LogP contribution in [0.4, 0.5) is 20.4 Å². The van der Waals surface area contributed by atoms with Gasteiger partial charge in [-0.3, -0.25) is 4.79 Å². The van der Waals surface area contributed by atoms with E-state index >= 15 is 0 Å². The zero-order valence-electron chi connectivity index (χ0n) is 15.0. The van der Waals surface area contributed by atoms with Crippen molar-refractivity contribution in [2.75, 3.05) is 30.8 Å². The van der Waals surface area contributed by atoms with Crippen LogP contribution in [-0.4, -0.2) is 42.5 Å². The second kappa shape index (κ2) is 9.82. The van der Waals surface area contributed by atoms with Crippen LogP contribution in [0.1, 0.15) is 18.4 Å². The van der Waals surface area contributed by atoms with E-state index in [-0.39, 0.29) is 5.56 Å². The Kier molecular flexibility index (Phi) is 7.47. The number of hydrogen-bond donors (Lipinski definition) is 2. The number of amides is 1. The van der Waals surface area contributed by atoms with Gasteiger partial charge in [-0.2, -0.15) is 0 Å². The molecule has 1 aliphatic heterocycles. The molecule has 26 heavy (non-hydrogen) atoms. The molecule has 0 spiro atoms. The predicted molar refractivity (Wildman–Crippen MR) is 99.2 cm³/mol. The molecule has 0 aliphatic carbocycles. The molecule has 140 valence electrons. The van der Waals surface area contributed by atoms with Crippen LogP contribution in [0.5, 0.6) is 0 Å². The Hall–Kier alpha value is -2.54. The van der Waals surface area contributed by atoms with Gasteiger partial charge < -0.3 is 15.5 Å². The summed E-state index contributed by atoms with van der Waals surface area (Å²) in [5.41, 5.74) is 0.0810. The van der Waals surface area contributed by atoms with Crippen LogP contribution < -0.4 is 10.6 Å². The van der Waals surface area contributed by atoms with Crippen LogP contribution in [0.15, 0.2) is 36.4 Å². The Labute approximate surface area is 152 Å². The summed E-state index contributed by atoms with van der Waals surface area (Å²) in [5, 5.41) is 5.96. The first kappa shape index (κ1) is 19.8. The van der Waals surface area contributed by atoms with Crippen molar-refractivity contribution in [1.29, 1.82) is 0 Å².